The lowest BCUT2D eigenvalue weighted by atomic mass is 10.1. The molecule has 0 fully saturated rings. The van der Waals surface area contributed by atoms with Crippen molar-refractivity contribution in [3.63, 3.8) is 0 Å². The van der Waals surface area contributed by atoms with Crippen LogP contribution in [-0.2, 0) is 26.2 Å². The van der Waals surface area contributed by atoms with Gasteiger partial charge in [0.1, 0.15) is 18.3 Å². The van der Waals surface area contributed by atoms with Crippen LogP contribution in [0.3, 0.4) is 0 Å². The van der Waals surface area contributed by atoms with Crippen LogP contribution in [-0.4, -0.2) is 50.9 Å². The van der Waals surface area contributed by atoms with Crippen LogP contribution in [0.25, 0.3) is 0 Å². The molecule has 10 heteroatoms. The maximum atomic E-state index is 13.9. The second-order valence-corrected chi connectivity index (χ2v) is 11.2. The van der Waals surface area contributed by atoms with E-state index in [0.717, 1.165) is 4.31 Å². The number of anilines is 1. The van der Waals surface area contributed by atoms with Gasteiger partial charge in [0.15, 0.2) is 0 Å². The summed E-state index contributed by atoms with van der Waals surface area (Å²) >= 11 is 6.37. The standard InChI is InChI=1S/C28H32ClN3O5S/c1-20(2)30-28(34)21(3)31(18-22-12-8-9-15-24(22)29)27(33)19-32(25-16-10-11-17-26(25)37-4)38(35,36)23-13-6-5-7-14-23/h5-17,20-21H,18-19H2,1-4H3,(H,30,34). The number of methoxy groups -OCH3 is 1. The van der Waals surface area contributed by atoms with E-state index in [9.17, 15) is 18.0 Å². The van der Waals surface area contributed by atoms with E-state index in [1.807, 2.05) is 13.8 Å². The number of amides is 2. The number of carbonyl (C=O) groups is 2. The minimum atomic E-state index is -4.18. The second-order valence-electron chi connectivity index (χ2n) is 8.95. The van der Waals surface area contributed by atoms with E-state index in [2.05, 4.69) is 5.32 Å². The van der Waals surface area contributed by atoms with Crippen molar-refractivity contribution in [3.8, 4) is 5.75 Å². The van der Waals surface area contributed by atoms with Gasteiger partial charge in [-0.3, -0.25) is 13.9 Å². The lowest BCUT2D eigenvalue weighted by Gasteiger charge is -2.32. The van der Waals surface area contributed by atoms with Crippen molar-refractivity contribution in [3.05, 3.63) is 89.4 Å². The lowest BCUT2D eigenvalue weighted by Crippen LogP contribution is -2.52. The van der Waals surface area contributed by atoms with E-state index in [1.165, 1.54) is 24.1 Å². The number of nitrogens with one attached hydrogen (secondary N) is 1. The van der Waals surface area contributed by atoms with Gasteiger partial charge in [0.2, 0.25) is 11.8 Å². The minimum Gasteiger partial charge on any atom is -0.495 e. The van der Waals surface area contributed by atoms with Crippen molar-refractivity contribution >= 4 is 39.1 Å². The smallest absolute Gasteiger partial charge is 0.264 e. The zero-order valence-corrected chi connectivity index (χ0v) is 23.4. The van der Waals surface area contributed by atoms with Crippen LogP contribution in [0, 0.1) is 0 Å². The van der Waals surface area contributed by atoms with Crippen molar-refractivity contribution in [1.82, 2.24) is 10.2 Å². The summed E-state index contributed by atoms with van der Waals surface area (Å²) in [7, 11) is -2.76. The fourth-order valence-corrected chi connectivity index (χ4v) is 5.51. The summed E-state index contributed by atoms with van der Waals surface area (Å²) in [5.41, 5.74) is 0.825. The molecule has 3 aromatic carbocycles. The van der Waals surface area contributed by atoms with E-state index in [-0.39, 0.29) is 34.8 Å². The number of rotatable bonds is 11. The first-order valence-electron chi connectivity index (χ1n) is 12.1. The Morgan fingerprint density at radius 3 is 2.16 bits per heavy atom. The molecule has 0 saturated carbocycles. The Balaban J connectivity index is 2.07. The average molecular weight is 558 g/mol. The van der Waals surface area contributed by atoms with Crippen LogP contribution in [0.15, 0.2) is 83.8 Å². The molecule has 1 N–H and O–H groups in total. The Kier molecular flexibility index (Phi) is 9.77. The van der Waals surface area contributed by atoms with Crippen LogP contribution in [0.1, 0.15) is 26.3 Å². The first-order valence-corrected chi connectivity index (χ1v) is 13.9. The molecule has 0 heterocycles. The molecule has 0 bridgehead atoms. The number of nitrogens with zero attached hydrogens (tertiary/aromatic N) is 2. The van der Waals surface area contributed by atoms with E-state index < -0.39 is 28.5 Å². The van der Waals surface area contributed by atoms with Crippen molar-refractivity contribution in [2.75, 3.05) is 18.0 Å². The monoisotopic (exact) mass is 557 g/mol. The Morgan fingerprint density at radius 1 is 0.921 bits per heavy atom. The van der Waals surface area contributed by atoms with Crippen LogP contribution in [0.5, 0.6) is 5.75 Å². The number of sulfonamides is 1. The number of ether oxygens (including phenoxy) is 1. The van der Waals surface area contributed by atoms with Gasteiger partial charge in [-0.05, 0) is 56.7 Å². The number of carbonyl (C=O) groups excluding carboxylic acids is 2. The van der Waals surface area contributed by atoms with Gasteiger partial charge in [0.05, 0.1) is 17.7 Å². The molecule has 0 aliphatic rings. The SMILES string of the molecule is COc1ccccc1N(CC(=O)N(Cc1ccccc1Cl)C(C)C(=O)NC(C)C)S(=O)(=O)c1ccccc1. The highest BCUT2D eigenvalue weighted by Crippen LogP contribution is 2.32. The molecule has 0 spiro atoms. The van der Waals surface area contributed by atoms with Gasteiger partial charge in [0.25, 0.3) is 10.0 Å². The number of halogens is 1. The summed E-state index contributed by atoms with van der Waals surface area (Å²) in [5, 5.41) is 3.25. The zero-order chi connectivity index (χ0) is 27.9. The fraction of sp³-hybridized carbons (Fsp3) is 0.286. The molecule has 38 heavy (non-hydrogen) atoms. The van der Waals surface area contributed by atoms with Gasteiger partial charge in [-0.1, -0.05) is 60.1 Å². The number of benzene rings is 3. The molecular formula is C28H32ClN3O5S. The third-order valence-corrected chi connectivity index (χ3v) is 8.00. The molecule has 3 rings (SSSR count). The molecule has 0 aliphatic carbocycles. The van der Waals surface area contributed by atoms with Crippen LogP contribution in [0.2, 0.25) is 5.02 Å². The van der Waals surface area contributed by atoms with Crippen LogP contribution >= 0.6 is 11.6 Å². The average Bonchev–Trinajstić information content (AvgIpc) is 2.90. The van der Waals surface area contributed by atoms with E-state index >= 15 is 0 Å². The molecule has 3 aromatic rings. The summed E-state index contributed by atoms with van der Waals surface area (Å²) in [6, 6.07) is 20.4. The highest BCUT2D eigenvalue weighted by molar-refractivity contribution is 7.92. The Morgan fingerprint density at radius 2 is 1.53 bits per heavy atom. The van der Waals surface area contributed by atoms with E-state index in [4.69, 9.17) is 16.3 Å². The Bertz CT molecular complexity index is 1370. The first-order chi connectivity index (χ1) is 18.1. The fourth-order valence-electron chi connectivity index (χ4n) is 3.87. The highest BCUT2D eigenvalue weighted by Gasteiger charge is 2.34. The summed E-state index contributed by atoms with van der Waals surface area (Å²) in [6.45, 7) is 4.69. The van der Waals surface area contributed by atoms with E-state index in [1.54, 1.807) is 73.7 Å². The number of hydrogen-bond acceptors (Lipinski definition) is 5. The van der Waals surface area contributed by atoms with Gasteiger partial charge in [0, 0.05) is 17.6 Å². The summed E-state index contributed by atoms with van der Waals surface area (Å²) in [4.78, 5) is 28.2. The van der Waals surface area contributed by atoms with Crippen molar-refractivity contribution < 1.29 is 22.7 Å². The van der Waals surface area contributed by atoms with Gasteiger partial charge in [-0.25, -0.2) is 8.42 Å². The zero-order valence-electron chi connectivity index (χ0n) is 21.8. The van der Waals surface area contributed by atoms with Crippen molar-refractivity contribution in [2.24, 2.45) is 0 Å². The highest BCUT2D eigenvalue weighted by atomic mass is 35.5. The molecule has 0 aliphatic heterocycles. The largest absolute Gasteiger partial charge is 0.495 e. The minimum absolute atomic E-state index is 0.0103. The summed E-state index contributed by atoms with van der Waals surface area (Å²) in [5.74, 6) is -0.667. The number of hydrogen-bond donors (Lipinski definition) is 1. The maximum absolute atomic E-state index is 13.9. The molecule has 202 valence electrons. The van der Waals surface area contributed by atoms with Gasteiger partial charge in [-0.2, -0.15) is 0 Å². The van der Waals surface area contributed by atoms with Gasteiger partial charge >= 0.3 is 0 Å². The summed E-state index contributed by atoms with van der Waals surface area (Å²) < 4.78 is 34.1. The predicted octanol–water partition coefficient (Wildman–Crippen LogP) is 4.49. The molecule has 1 atom stereocenters. The number of para-hydroxylation sites is 2. The van der Waals surface area contributed by atoms with E-state index in [0.29, 0.717) is 10.6 Å². The van der Waals surface area contributed by atoms with Gasteiger partial charge in [-0.15, -0.1) is 0 Å². The summed E-state index contributed by atoms with van der Waals surface area (Å²) in [6.07, 6.45) is 0. The molecule has 0 saturated heterocycles. The molecule has 2 amide bonds. The Labute approximate surface area is 229 Å². The quantitative estimate of drug-likeness (QED) is 0.375. The topological polar surface area (TPSA) is 96.0 Å². The molecule has 1 unspecified atom stereocenters. The van der Waals surface area contributed by atoms with Crippen LogP contribution < -0.4 is 14.4 Å². The Hall–Kier alpha value is -3.56. The maximum Gasteiger partial charge on any atom is 0.264 e. The molecule has 0 aromatic heterocycles. The first kappa shape index (κ1) is 29.0. The predicted molar refractivity (Wildman–Crippen MR) is 149 cm³/mol. The van der Waals surface area contributed by atoms with Crippen LogP contribution in [0.4, 0.5) is 5.69 Å². The van der Waals surface area contributed by atoms with Crippen molar-refractivity contribution in [2.45, 2.75) is 44.3 Å². The molecule has 0 radical (unpaired) electrons. The molecule has 8 nitrogen and oxygen atoms in total. The normalized spacial score (nSPS) is 12.1. The van der Waals surface area contributed by atoms with Gasteiger partial charge < -0.3 is 15.0 Å². The second kappa shape index (κ2) is 12.8. The lowest BCUT2D eigenvalue weighted by molar-refractivity contribution is -0.139. The molecular weight excluding hydrogens is 526 g/mol. The third-order valence-electron chi connectivity index (χ3n) is 5.86. The third kappa shape index (κ3) is 6.85. The van der Waals surface area contributed by atoms with Crippen molar-refractivity contribution in [1.29, 1.82) is 0 Å².